The molecule has 0 saturated carbocycles. The number of amides is 1. The zero-order valence-electron chi connectivity index (χ0n) is 14.7. The molecule has 0 unspecified atom stereocenters. The van der Waals surface area contributed by atoms with Crippen molar-refractivity contribution in [3.05, 3.63) is 59.2 Å². The molecule has 0 bridgehead atoms. The summed E-state index contributed by atoms with van der Waals surface area (Å²) in [7, 11) is 0. The molecule has 0 aliphatic carbocycles. The van der Waals surface area contributed by atoms with Gasteiger partial charge in [0, 0.05) is 23.9 Å². The average Bonchev–Trinajstić information content (AvgIpc) is 3.13. The third-order valence-corrected chi connectivity index (χ3v) is 4.84. The van der Waals surface area contributed by atoms with Gasteiger partial charge in [0.1, 0.15) is 35.8 Å². The summed E-state index contributed by atoms with van der Waals surface area (Å²) in [6, 6.07) is 9.11. The largest absolute Gasteiger partial charge is 0.463 e. The van der Waals surface area contributed by atoms with E-state index in [2.05, 4.69) is 15.3 Å². The monoisotopic (exact) mass is 381 g/mol. The van der Waals surface area contributed by atoms with Crippen LogP contribution in [0, 0.1) is 17.1 Å². The van der Waals surface area contributed by atoms with Crippen LogP contribution in [0.15, 0.2) is 41.5 Å². The van der Waals surface area contributed by atoms with E-state index in [4.69, 9.17) is 20.5 Å². The Balaban J connectivity index is 1.65. The summed E-state index contributed by atoms with van der Waals surface area (Å²) in [5.41, 5.74) is 5.90. The SMILES string of the molecule is N#Cc1ccc(C(=O)Nc2ccc(F)c([C@]34CCO[C@H]3COC(N)=N4)c2)nc1. The molecule has 1 saturated heterocycles. The Bertz CT molecular complexity index is 1000. The summed E-state index contributed by atoms with van der Waals surface area (Å²) in [4.78, 5) is 20.7. The first-order valence-electron chi connectivity index (χ1n) is 8.59. The number of pyridine rings is 1. The minimum atomic E-state index is -0.986. The molecule has 1 amide bonds. The number of halogens is 1. The van der Waals surface area contributed by atoms with Gasteiger partial charge in [-0.25, -0.2) is 14.4 Å². The first-order chi connectivity index (χ1) is 13.5. The molecule has 1 aromatic heterocycles. The number of rotatable bonds is 3. The van der Waals surface area contributed by atoms with E-state index in [1.165, 1.54) is 36.5 Å². The second kappa shape index (κ2) is 6.90. The number of nitrogens with zero attached hydrogens (tertiary/aromatic N) is 3. The number of aliphatic imine (C=N–C) groups is 1. The fourth-order valence-electron chi connectivity index (χ4n) is 3.45. The molecule has 8 nitrogen and oxygen atoms in total. The van der Waals surface area contributed by atoms with Crippen LogP contribution in [0.3, 0.4) is 0 Å². The second-order valence-electron chi connectivity index (χ2n) is 6.49. The number of fused-ring (bicyclic) bond motifs is 1. The third-order valence-electron chi connectivity index (χ3n) is 4.84. The highest BCUT2D eigenvalue weighted by atomic mass is 19.1. The van der Waals surface area contributed by atoms with E-state index in [-0.39, 0.29) is 23.9 Å². The highest BCUT2D eigenvalue weighted by Gasteiger charge is 2.50. The van der Waals surface area contributed by atoms with E-state index in [9.17, 15) is 9.18 Å². The second-order valence-corrected chi connectivity index (χ2v) is 6.49. The molecule has 28 heavy (non-hydrogen) atoms. The molecule has 1 aromatic carbocycles. The molecule has 1 fully saturated rings. The quantitative estimate of drug-likeness (QED) is 0.834. The molecule has 2 atom stereocenters. The number of carbonyl (C=O) groups excluding carboxylic acids is 1. The van der Waals surface area contributed by atoms with Gasteiger partial charge < -0.3 is 20.5 Å². The Morgan fingerprint density at radius 3 is 3.00 bits per heavy atom. The summed E-state index contributed by atoms with van der Waals surface area (Å²) >= 11 is 0. The van der Waals surface area contributed by atoms with Crippen LogP contribution in [0.4, 0.5) is 10.1 Å². The lowest BCUT2D eigenvalue weighted by Crippen LogP contribution is -2.45. The van der Waals surface area contributed by atoms with E-state index in [1.54, 1.807) is 0 Å². The van der Waals surface area contributed by atoms with Gasteiger partial charge in [-0.1, -0.05) is 0 Å². The van der Waals surface area contributed by atoms with Gasteiger partial charge in [0.15, 0.2) is 0 Å². The Hall–Kier alpha value is -3.51. The Morgan fingerprint density at radius 1 is 1.39 bits per heavy atom. The number of nitrogens with two attached hydrogens (primary N) is 1. The van der Waals surface area contributed by atoms with Gasteiger partial charge in [-0.15, -0.1) is 0 Å². The fraction of sp³-hybridized carbons (Fsp3) is 0.263. The lowest BCUT2D eigenvalue weighted by Gasteiger charge is -2.34. The summed E-state index contributed by atoms with van der Waals surface area (Å²) in [6.45, 7) is 0.580. The molecule has 0 spiro atoms. The minimum Gasteiger partial charge on any atom is -0.463 e. The van der Waals surface area contributed by atoms with E-state index in [0.717, 1.165) is 0 Å². The number of nitrogens with one attached hydrogen (secondary N) is 1. The van der Waals surface area contributed by atoms with Crippen molar-refractivity contribution in [1.29, 1.82) is 5.26 Å². The van der Waals surface area contributed by atoms with Gasteiger partial charge in [0.2, 0.25) is 0 Å². The minimum absolute atomic E-state index is 0.0163. The molecule has 9 heteroatoms. The summed E-state index contributed by atoms with van der Waals surface area (Å²) in [5, 5.41) is 11.5. The number of nitriles is 1. The first-order valence-corrected chi connectivity index (χ1v) is 8.59. The van der Waals surface area contributed by atoms with Crippen LogP contribution >= 0.6 is 0 Å². The normalized spacial score (nSPS) is 23.1. The molecule has 3 heterocycles. The smallest absolute Gasteiger partial charge is 0.283 e. The van der Waals surface area contributed by atoms with Crippen LogP contribution in [-0.4, -0.2) is 36.2 Å². The third kappa shape index (κ3) is 3.04. The van der Waals surface area contributed by atoms with Crippen molar-refractivity contribution in [2.75, 3.05) is 18.5 Å². The van der Waals surface area contributed by atoms with Crippen LogP contribution in [0.5, 0.6) is 0 Å². The number of anilines is 1. The maximum absolute atomic E-state index is 14.7. The van der Waals surface area contributed by atoms with E-state index in [0.29, 0.717) is 24.3 Å². The maximum Gasteiger partial charge on any atom is 0.283 e. The molecule has 0 radical (unpaired) electrons. The fourth-order valence-corrected chi connectivity index (χ4v) is 3.45. The van der Waals surface area contributed by atoms with E-state index < -0.39 is 23.4 Å². The topological polar surface area (TPSA) is 123 Å². The molecule has 3 N–H and O–H groups in total. The zero-order valence-corrected chi connectivity index (χ0v) is 14.7. The molecule has 4 rings (SSSR count). The van der Waals surface area contributed by atoms with Gasteiger partial charge in [0.25, 0.3) is 11.9 Å². The molecular formula is C19H16FN5O3. The van der Waals surface area contributed by atoms with Crippen molar-refractivity contribution in [3.8, 4) is 6.07 Å². The van der Waals surface area contributed by atoms with Crippen molar-refractivity contribution in [2.45, 2.75) is 18.1 Å². The van der Waals surface area contributed by atoms with Gasteiger partial charge >= 0.3 is 0 Å². The van der Waals surface area contributed by atoms with Crippen LogP contribution in [-0.2, 0) is 15.0 Å². The molecule has 2 aliphatic rings. The van der Waals surface area contributed by atoms with Gasteiger partial charge in [-0.05, 0) is 30.3 Å². The number of carbonyl (C=O) groups is 1. The van der Waals surface area contributed by atoms with Crippen LogP contribution in [0.25, 0.3) is 0 Å². The predicted molar refractivity (Wildman–Crippen MR) is 96.9 cm³/mol. The first kappa shape index (κ1) is 17.9. The summed E-state index contributed by atoms with van der Waals surface area (Å²) in [5.74, 6) is -0.947. The van der Waals surface area contributed by atoms with Crippen LogP contribution in [0.2, 0.25) is 0 Å². The highest BCUT2D eigenvalue weighted by Crippen LogP contribution is 2.43. The van der Waals surface area contributed by atoms with Crippen molar-refractivity contribution < 1.29 is 18.7 Å². The number of benzene rings is 1. The molecular weight excluding hydrogens is 365 g/mol. The average molecular weight is 381 g/mol. The Morgan fingerprint density at radius 2 is 2.25 bits per heavy atom. The predicted octanol–water partition coefficient (Wildman–Crippen LogP) is 1.67. The summed E-state index contributed by atoms with van der Waals surface area (Å²) < 4.78 is 25.6. The zero-order chi connectivity index (χ0) is 19.7. The summed E-state index contributed by atoms with van der Waals surface area (Å²) in [6.07, 6.45) is 1.30. The molecule has 2 aromatic rings. The number of aromatic nitrogens is 1. The lowest BCUT2D eigenvalue weighted by molar-refractivity contribution is 0.0208. The van der Waals surface area contributed by atoms with Crippen molar-refractivity contribution in [1.82, 2.24) is 4.98 Å². The number of ether oxygens (including phenoxy) is 2. The van der Waals surface area contributed by atoms with Crippen molar-refractivity contribution in [2.24, 2.45) is 10.7 Å². The van der Waals surface area contributed by atoms with E-state index in [1.807, 2.05) is 6.07 Å². The van der Waals surface area contributed by atoms with Gasteiger partial charge in [-0.2, -0.15) is 5.26 Å². The van der Waals surface area contributed by atoms with Crippen LogP contribution in [0.1, 0.15) is 28.0 Å². The lowest BCUT2D eigenvalue weighted by atomic mass is 9.83. The molecule has 2 aliphatic heterocycles. The van der Waals surface area contributed by atoms with Gasteiger partial charge in [0.05, 0.1) is 12.2 Å². The number of hydrogen-bond donors (Lipinski definition) is 2. The van der Waals surface area contributed by atoms with Crippen molar-refractivity contribution in [3.63, 3.8) is 0 Å². The Kier molecular flexibility index (Phi) is 4.41. The van der Waals surface area contributed by atoms with E-state index >= 15 is 0 Å². The standard InChI is InChI=1S/C19H16FN5O3/c20-14-3-2-12(24-17(26)15-4-1-11(8-21)9-23-15)7-13(14)19-5-6-27-16(19)10-28-18(22)25-19/h1-4,7,9,16H,5-6,10H2,(H2,22,25)(H,24,26)/t16-,19+/m0/s1. The maximum atomic E-state index is 14.7. The molecule has 142 valence electrons. The Labute approximate surface area is 159 Å². The number of hydrogen-bond acceptors (Lipinski definition) is 7. The van der Waals surface area contributed by atoms with Crippen LogP contribution < -0.4 is 11.1 Å². The highest BCUT2D eigenvalue weighted by molar-refractivity contribution is 6.02. The van der Waals surface area contributed by atoms with Crippen molar-refractivity contribution >= 4 is 17.6 Å². The number of amidine groups is 1. The van der Waals surface area contributed by atoms with Gasteiger partial charge in [-0.3, -0.25) is 4.79 Å².